The number of piperidine rings is 1. The van der Waals surface area contributed by atoms with E-state index >= 15 is 0 Å². The fourth-order valence-electron chi connectivity index (χ4n) is 2.11. The number of nitrogens with one attached hydrogen (secondary N) is 1. The van der Waals surface area contributed by atoms with Crippen molar-refractivity contribution >= 4 is 33.2 Å². The second-order valence-corrected chi connectivity index (χ2v) is 7.01. The average Bonchev–Trinajstić information content (AvgIpc) is 2.59. The molecule has 1 aromatic rings. The lowest BCUT2D eigenvalue weighted by atomic mass is 10.1. The van der Waals surface area contributed by atoms with Crippen LogP contribution in [0.4, 0.5) is 0 Å². The Balaban J connectivity index is 1.96. The smallest absolute Gasteiger partial charge is 0.261 e. The molecule has 1 aromatic heterocycles. The van der Waals surface area contributed by atoms with Crippen molar-refractivity contribution in [1.29, 1.82) is 0 Å². The molecule has 94 valence electrons. The number of thiophene rings is 1. The molecule has 0 aliphatic carbocycles. The molecule has 0 aromatic carbocycles. The third-order valence-electron chi connectivity index (χ3n) is 3.04. The van der Waals surface area contributed by atoms with Gasteiger partial charge in [-0.3, -0.25) is 4.79 Å². The molecule has 1 fully saturated rings. The number of rotatable bonds is 2. The van der Waals surface area contributed by atoms with Crippen LogP contribution in [0.25, 0.3) is 0 Å². The second-order valence-electron chi connectivity index (χ2n) is 4.64. The largest absolute Gasteiger partial charge is 0.347 e. The minimum Gasteiger partial charge on any atom is -0.347 e. The molecule has 1 aliphatic heterocycles. The van der Waals surface area contributed by atoms with E-state index in [1.807, 2.05) is 13.0 Å². The van der Waals surface area contributed by atoms with Crippen molar-refractivity contribution in [2.75, 3.05) is 20.1 Å². The van der Waals surface area contributed by atoms with Crippen molar-refractivity contribution in [2.45, 2.75) is 25.8 Å². The Labute approximate surface area is 114 Å². The monoisotopic (exact) mass is 316 g/mol. The third-order valence-corrected chi connectivity index (χ3v) is 5.18. The van der Waals surface area contributed by atoms with E-state index < -0.39 is 0 Å². The lowest BCUT2D eigenvalue weighted by Crippen LogP contribution is -2.46. The van der Waals surface area contributed by atoms with E-state index in [4.69, 9.17) is 0 Å². The normalized spacial score (nSPS) is 21.5. The van der Waals surface area contributed by atoms with Gasteiger partial charge in [0.1, 0.15) is 0 Å². The fourth-order valence-corrected chi connectivity index (χ4v) is 3.55. The van der Waals surface area contributed by atoms with Gasteiger partial charge in [-0.25, -0.2) is 0 Å². The van der Waals surface area contributed by atoms with Gasteiger partial charge in [0.15, 0.2) is 0 Å². The fraction of sp³-hybridized carbons (Fsp3) is 0.583. The highest BCUT2D eigenvalue weighted by Gasteiger charge is 2.20. The standard InChI is InChI=1S/C12H17BrN2OS/c1-8-6-10(17-11(8)13)12(16)14-9-4-3-5-15(2)7-9/h6,9H,3-5,7H2,1-2H3,(H,14,16). The lowest BCUT2D eigenvalue weighted by Gasteiger charge is -2.30. The molecule has 2 rings (SSSR count). The van der Waals surface area contributed by atoms with E-state index in [1.54, 1.807) is 0 Å². The van der Waals surface area contributed by atoms with Gasteiger partial charge >= 0.3 is 0 Å². The van der Waals surface area contributed by atoms with E-state index in [9.17, 15) is 4.79 Å². The molecule has 1 amide bonds. The highest BCUT2D eigenvalue weighted by molar-refractivity contribution is 9.11. The van der Waals surface area contributed by atoms with Crippen molar-refractivity contribution in [3.63, 3.8) is 0 Å². The van der Waals surface area contributed by atoms with Crippen LogP contribution in [0, 0.1) is 6.92 Å². The maximum atomic E-state index is 12.0. The van der Waals surface area contributed by atoms with Crippen LogP contribution >= 0.6 is 27.3 Å². The zero-order valence-electron chi connectivity index (χ0n) is 10.1. The Kier molecular flexibility index (Phi) is 4.22. The molecule has 0 radical (unpaired) electrons. The summed E-state index contributed by atoms with van der Waals surface area (Å²) < 4.78 is 1.04. The van der Waals surface area contributed by atoms with Gasteiger partial charge in [-0.1, -0.05) is 0 Å². The molecule has 2 heterocycles. The number of likely N-dealkylation sites (tertiary alicyclic amines) is 1. The molecule has 1 saturated heterocycles. The SMILES string of the molecule is Cc1cc(C(=O)NC2CCCN(C)C2)sc1Br. The zero-order valence-corrected chi connectivity index (χ0v) is 12.5. The first kappa shape index (κ1) is 13.1. The maximum Gasteiger partial charge on any atom is 0.261 e. The predicted molar refractivity (Wildman–Crippen MR) is 74.7 cm³/mol. The van der Waals surface area contributed by atoms with Crippen LogP contribution in [0.1, 0.15) is 28.1 Å². The Hall–Kier alpha value is -0.390. The molecule has 17 heavy (non-hydrogen) atoms. The summed E-state index contributed by atoms with van der Waals surface area (Å²) >= 11 is 4.95. The van der Waals surface area contributed by atoms with Crippen LogP contribution in [-0.2, 0) is 0 Å². The molecule has 1 aliphatic rings. The third kappa shape index (κ3) is 3.30. The number of hydrogen-bond donors (Lipinski definition) is 1. The molecular formula is C12H17BrN2OS. The van der Waals surface area contributed by atoms with Crippen LogP contribution in [0.2, 0.25) is 0 Å². The minimum absolute atomic E-state index is 0.0594. The molecule has 0 bridgehead atoms. The predicted octanol–water partition coefficient (Wildman–Crippen LogP) is 2.64. The van der Waals surface area contributed by atoms with E-state index in [2.05, 4.69) is 33.2 Å². The quantitative estimate of drug-likeness (QED) is 0.909. The molecular weight excluding hydrogens is 300 g/mol. The van der Waals surface area contributed by atoms with Gasteiger partial charge in [0.25, 0.3) is 5.91 Å². The number of carbonyl (C=O) groups excluding carboxylic acids is 1. The van der Waals surface area contributed by atoms with Crippen molar-refractivity contribution < 1.29 is 4.79 Å². The summed E-state index contributed by atoms with van der Waals surface area (Å²) in [7, 11) is 2.10. The zero-order chi connectivity index (χ0) is 12.4. The molecule has 5 heteroatoms. The number of amides is 1. The van der Waals surface area contributed by atoms with Crippen LogP contribution in [0.15, 0.2) is 9.85 Å². The first-order valence-electron chi connectivity index (χ1n) is 5.81. The van der Waals surface area contributed by atoms with Crippen molar-refractivity contribution in [2.24, 2.45) is 0 Å². The molecule has 1 unspecified atom stereocenters. The Bertz CT molecular complexity index is 399. The highest BCUT2D eigenvalue weighted by Crippen LogP contribution is 2.27. The van der Waals surface area contributed by atoms with Crippen molar-refractivity contribution in [1.82, 2.24) is 10.2 Å². The van der Waals surface area contributed by atoms with Crippen LogP contribution in [0.3, 0.4) is 0 Å². The molecule has 1 N–H and O–H groups in total. The summed E-state index contributed by atoms with van der Waals surface area (Å²) in [4.78, 5) is 15.1. The maximum absolute atomic E-state index is 12.0. The van der Waals surface area contributed by atoms with Gasteiger partial charge in [0, 0.05) is 12.6 Å². The molecule has 1 atom stereocenters. The van der Waals surface area contributed by atoms with E-state index in [-0.39, 0.29) is 5.91 Å². The summed E-state index contributed by atoms with van der Waals surface area (Å²) in [5.74, 6) is 0.0594. The Morgan fingerprint density at radius 3 is 3.00 bits per heavy atom. The number of hydrogen-bond acceptors (Lipinski definition) is 3. The van der Waals surface area contributed by atoms with E-state index in [1.165, 1.54) is 11.3 Å². The van der Waals surface area contributed by atoms with Crippen molar-refractivity contribution in [3.05, 3.63) is 20.3 Å². The summed E-state index contributed by atoms with van der Waals surface area (Å²) in [5.41, 5.74) is 1.13. The Morgan fingerprint density at radius 1 is 1.65 bits per heavy atom. The van der Waals surface area contributed by atoms with Gasteiger partial charge in [0.2, 0.25) is 0 Å². The Morgan fingerprint density at radius 2 is 2.41 bits per heavy atom. The number of likely N-dealkylation sites (N-methyl/N-ethyl adjacent to an activating group) is 1. The molecule has 0 spiro atoms. The van der Waals surface area contributed by atoms with Crippen LogP contribution in [0.5, 0.6) is 0 Å². The lowest BCUT2D eigenvalue weighted by molar-refractivity contribution is 0.0916. The topological polar surface area (TPSA) is 32.3 Å². The van der Waals surface area contributed by atoms with E-state index in [0.29, 0.717) is 6.04 Å². The molecule has 3 nitrogen and oxygen atoms in total. The van der Waals surface area contributed by atoms with E-state index in [0.717, 1.165) is 40.2 Å². The first-order chi connectivity index (χ1) is 8.06. The van der Waals surface area contributed by atoms with Crippen LogP contribution in [-0.4, -0.2) is 37.0 Å². The summed E-state index contributed by atoms with van der Waals surface area (Å²) in [6.45, 7) is 4.10. The summed E-state index contributed by atoms with van der Waals surface area (Å²) in [6.07, 6.45) is 2.25. The average molecular weight is 317 g/mol. The summed E-state index contributed by atoms with van der Waals surface area (Å²) in [5, 5.41) is 3.12. The van der Waals surface area contributed by atoms with Gasteiger partial charge in [-0.05, 0) is 60.9 Å². The minimum atomic E-state index is 0.0594. The van der Waals surface area contributed by atoms with Gasteiger partial charge in [0.05, 0.1) is 8.66 Å². The van der Waals surface area contributed by atoms with Gasteiger partial charge in [-0.2, -0.15) is 0 Å². The second kappa shape index (κ2) is 5.50. The van der Waals surface area contributed by atoms with Gasteiger partial charge in [-0.15, -0.1) is 11.3 Å². The van der Waals surface area contributed by atoms with Crippen LogP contribution < -0.4 is 5.32 Å². The summed E-state index contributed by atoms with van der Waals surface area (Å²) in [6, 6.07) is 2.24. The first-order valence-corrected chi connectivity index (χ1v) is 7.42. The van der Waals surface area contributed by atoms with Gasteiger partial charge < -0.3 is 10.2 Å². The number of carbonyl (C=O) groups is 1. The highest BCUT2D eigenvalue weighted by atomic mass is 79.9. The number of aryl methyl sites for hydroxylation is 1. The van der Waals surface area contributed by atoms with Crippen molar-refractivity contribution in [3.8, 4) is 0 Å². The number of nitrogens with zero attached hydrogens (tertiary/aromatic N) is 1. The number of halogens is 1. The molecule has 0 saturated carbocycles.